The SMILES string of the molecule is CNC(=O)c1ccc(N)c(NC(C)c2ncc(C)s2)c1. The molecule has 4 N–H and O–H groups in total. The average molecular weight is 290 g/mol. The van der Waals surface area contributed by atoms with Crippen LogP contribution in [0.4, 0.5) is 11.4 Å². The summed E-state index contributed by atoms with van der Waals surface area (Å²) < 4.78 is 0. The van der Waals surface area contributed by atoms with Crippen LogP contribution in [0.2, 0.25) is 0 Å². The highest BCUT2D eigenvalue weighted by atomic mass is 32.1. The molecular formula is C14H18N4OS. The van der Waals surface area contributed by atoms with Gasteiger partial charge >= 0.3 is 0 Å². The second kappa shape index (κ2) is 5.92. The lowest BCUT2D eigenvalue weighted by Gasteiger charge is -2.15. The molecule has 1 aromatic heterocycles. The first-order valence-electron chi connectivity index (χ1n) is 6.31. The van der Waals surface area contributed by atoms with E-state index < -0.39 is 0 Å². The molecule has 0 fully saturated rings. The van der Waals surface area contributed by atoms with Crippen LogP contribution in [0.5, 0.6) is 0 Å². The van der Waals surface area contributed by atoms with Gasteiger partial charge in [0, 0.05) is 23.7 Å². The zero-order valence-corrected chi connectivity index (χ0v) is 12.5. The van der Waals surface area contributed by atoms with Crippen LogP contribution in [-0.4, -0.2) is 17.9 Å². The molecule has 106 valence electrons. The summed E-state index contributed by atoms with van der Waals surface area (Å²) in [6.07, 6.45) is 1.85. The second-order valence-corrected chi connectivity index (χ2v) is 5.82. The van der Waals surface area contributed by atoms with Gasteiger partial charge in [-0.1, -0.05) is 0 Å². The van der Waals surface area contributed by atoms with Gasteiger partial charge in [0.25, 0.3) is 5.91 Å². The maximum Gasteiger partial charge on any atom is 0.251 e. The van der Waals surface area contributed by atoms with Crippen LogP contribution in [0.15, 0.2) is 24.4 Å². The minimum absolute atomic E-state index is 0.0379. The number of benzene rings is 1. The predicted molar refractivity (Wildman–Crippen MR) is 83.1 cm³/mol. The van der Waals surface area contributed by atoms with Crippen LogP contribution >= 0.6 is 11.3 Å². The molecule has 1 unspecified atom stereocenters. The quantitative estimate of drug-likeness (QED) is 0.756. The Morgan fingerprint density at radius 3 is 2.80 bits per heavy atom. The molecule has 0 radical (unpaired) electrons. The molecule has 0 saturated heterocycles. The molecule has 0 aliphatic heterocycles. The molecule has 0 saturated carbocycles. The highest BCUT2D eigenvalue weighted by Gasteiger charge is 2.12. The average Bonchev–Trinajstić information content (AvgIpc) is 2.87. The summed E-state index contributed by atoms with van der Waals surface area (Å²) in [5, 5.41) is 6.89. The van der Waals surface area contributed by atoms with Crippen molar-refractivity contribution in [3.05, 3.63) is 39.8 Å². The Morgan fingerprint density at radius 2 is 2.20 bits per heavy atom. The van der Waals surface area contributed by atoms with Crippen molar-refractivity contribution >= 4 is 28.6 Å². The number of aromatic nitrogens is 1. The lowest BCUT2D eigenvalue weighted by atomic mass is 10.1. The molecule has 0 aliphatic rings. The number of nitrogens with one attached hydrogen (secondary N) is 2. The molecule has 0 bridgehead atoms. The summed E-state index contributed by atoms with van der Waals surface area (Å²) in [7, 11) is 1.60. The minimum atomic E-state index is -0.134. The van der Waals surface area contributed by atoms with Gasteiger partial charge < -0.3 is 16.4 Å². The zero-order chi connectivity index (χ0) is 14.7. The topological polar surface area (TPSA) is 80.0 Å². The van der Waals surface area contributed by atoms with E-state index in [4.69, 9.17) is 5.73 Å². The minimum Gasteiger partial charge on any atom is -0.397 e. The smallest absolute Gasteiger partial charge is 0.251 e. The molecular weight excluding hydrogens is 272 g/mol. The van der Waals surface area contributed by atoms with Crippen LogP contribution in [-0.2, 0) is 0 Å². The zero-order valence-electron chi connectivity index (χ0n) is 11.7. The van der Waals surface area contributed by atoms with Crippen molar-refractivity contribution in [3.8, 4) is 0 Å². The molecule has 1 atom stereocenters. The number of thiazole rings is 1. The third-order valence-corrected chi connectivity index (χ3v) is 4.02. The summed E-state index contributed by atoms with van der Waals surface area (Å²) in [5.41, 5.74) is 7.88. The third-order valence-electron chi connectivity index (χ3n) is 2.92. The van der Waals surface area contributed by atoms with Gasteiger partial charge in [-0.2, -0.15) is 0 Å². The number of amides is 1. The van der Waals surface area contributed by atoms with Crippen molar-refractivity contribution in [2.45, 2.75) is 19.9 Å². The molecule has 1 aromatic carbocycles. The van der Waals surface area contributed by atoms with E-state index in [0.717, 1.165) is 10.7 Å². The molecule has 2 rings (SSSR count). The van der Waals surface area contributed by atoms with E-state index >= 15 is 0 Å². The first-order valence-corrected chi connectivity index (χ1v) is 7.13. The summed E-state index contributed by atoms with van der Waals surface area (Å²) >= 11 is 1.64. The normalized spacial score (nSPS) is 11.9. The highest BCUT2D eigenvalue weighted by molar-refractivity contribution is 7.11. The highest BCUT2D eigenvalue weighted by Crippen LogP contribution is 2.27. The van der Waals surface area contributed by atoms with Crippen molar-refractivity contribution in [2.75, 3.05) is 18.1 Å². The Kier molecular flexibility index (Phi) is 4.24. The Balaban J connectivity index is 2.22. The summed E-state index contributed by atoms with van der Waals surface area (Å²) in [6, 6.07) is 5.23. The van der Waals surface area contributed by atoms with Crippen LogP contribution < -0.4 is 16.4 Å². The summed E-state index contributed by atoms with van der Waals surface area (Å²) in [5.74, 6) is -0.134. The van der Waals surface area contributed by atoms with Crippen molar-refractivity contribution in [1.29, 1.82) is 0 Å². The Labute approximate surface area is 122 Å². The van der Waals surface area contributed by atoms with E-state index in [1.54, 1.807) is 36.6 Å². The fraction of sp³-hybridized carbons (Fsp3) is 0.286. The van der Waals surface area contributed by atoms with Crippen LogP contribution in [0.1, 0.15) is 33.2 Å². The Bertz CT molecular complexity index is 623. The van der Waals surface area contributed by atoms with Crippen molar-refractivity contribution in [2.24, 2.45) is 0 Å². The molecule has 0 aliphatic carbocycles. The number of nitrogens with two attached hydrogens (primary N) is 1. The predicted octanol–water partition coefficient (Wildman–Crippen LogP) is 2.57. The van der Waals surface area contributed by atoms with E-state index in [-0.39, 0.29) is 11.9 Å². The van der Waals surface area contributed by atoms with Gasteiger partial charge in [-0.15, -0.1) is 11.3 Å². The monoisotopic (exact) mass is 290 g/mol. The Morgan fingerprint density at radius 1 is 1.45 bits per heavy atom. The standard InChI is InChI=1S/C14H18N4OS/c1-8-7-17-14(20-8)9(2)18-12-6-10(13(19)16-3)4-5-11(12)15/h4-7,9,18H,15H2,1-3H3,(H,16,19). The van der Waals surface area contributed by atoms with Gasteiger partial charge in [0.2, 0.25) is 0 Å². The molecule has 20 heavy (non-hydrogen) atoms. The number of nitrogen functional groups attached to an aromatic ring is 1. The van der Waals surface area contributed by atoms with Gasteiger partial charge in [-0.05, 0) is 32.0 Å². The fourth-order valence-corrected chi connectivity index (χ4v) is 2.61. The largest absolute Gasteiger partial charge is 0.397 e. The van der Waals surface area contributed by atoms with E-state index in [9.17, 15) is 4.79 Å². The van der Waals surface area contributed by atoms with E-state index in [1.165, 1.54) is 4.88 Å². The molecule has 6 heteroatoms. The maximum absolute atomic E-state index is 11.6. The number of nitrogens with zero attached hydrogens (tertiary/aromatic N) is 1. The van der Waals surface area contributed by atoms with Gasteiger partial charge in [0.15, 0.2) is 0 Å². The third kappa shape index (κ3) is 3.08. The van der Waals surface area contributed by atoms with Gasteiger partial charge in [0.05, 0.1) is 17.4 Å². The number of aryl methyl sites for hydroxylation is 1. The number of carbonyl (C=O) groups excluding carboxylic acids is 1. The Hall–Kier alpha value is -2.08. The lowest BCUT2D eigenvalue weighted by molar-refractivity contribution is 0.0963. The molecule has 5 nitrogen and oxygen atoms in total. The fourth-order valence-electron chi connectivity index (χ4n) is 1.83. The van der Waals surface area contributed by atoms with E-state index in [2.05, 4.69) is 15.6 Å². The summed E-state index contributed by atoms with van der Waals surface area (Å²) in [4.78, 5) is 17.2. The van der Waals surface area contributed by atoms with Crippen molar-refractivity contribution < 1.29 is 4.79 Å². The number of anilines is 2. The first-order chi connectivity index (χ1) is 9.51. The first kappa shape index (κ1) is 14.3. The number of hydrogen-bond donors (Lipinski definition) is 3. The van der Waals surface area contributed by atoms with Crippen molar-refractivity contribution in [3.63, 3.8) is 0 Å². The second-order valence-electron chi connectivity index (χ2n) is 4.56. The number of carbonyl (C=O) groups is 1. The molecule has 1 heterocycles. The van der Waals surface area contributed by atoms with Gasteiger partial charge in [-0.25, -0.2) is 4.98 Å². The number of hydrogen-bond acceptors (Lipinski definition) is 5. The summed E-state index contributed by atoms with van der Waals surface area (Å²) in [6.45, 7) is 4.04. The lowest BCUT2D eigenvalue weighted by Crippen LogP contribution is -2.18. The van der Waals surface area contributed by atoms with Gasteiger partial charge in [-0.3, -0.25) is 4.79 Å². The van der Waals surface area contributed by atoms with Gasteiger partial charge in [0.1, 0.15) is 5.01 Å². The van der Waals surface area contributed by atoms with Crippen LogP contribution in [0.3, 0.4) is 0 Å². The number of rotatable bonds is 4. The van der Waals surface area contributed by atoms with E-state index in [0.29, 0.717) is 11.3 Å². The molecule has 0 spiro atoms. The maximum atomic E-state index is 11.6. The molecule has 2 aromatic rings. The molecule has 1 amide bonds. The van der Waals surface area contributed by atoms with Crippen LogP contribution in [0.25, 0.3) is 0 Å². The van der Waals surface area contributed by atoms with Crippen LogP contribution in [0, 0.1) is 6.92 Å². The van der Waals surface area contributed by atoms with Crippen molar-refractivity contribution in [1.82, 2.24) is 10.3 Å². The van der Waals surface area contributed by atoms with E-state index in [1.807, 2.05) is 20.0 Å².